The SMILES string of the molecule is Cn1c(-c2cccnc2)nc(Br)c1CCN. The van der Waals surface area contributed by atoms with Crippen molar-refractivity contribution in [2.45, 2.75) is 6.42 Å². The summed E-state index contributed by atoms with van der Waals surface area (Å²) in [5, 5.41) is 0. The van der Waals surface area contributed by atoms with Gasteiger partial charge in [-0.3, -0.25) is 4.98 Å². The molecule has 2 rings (SSSR count). The molecular formula is C11H13BrN4. The molecule has 0 aromatic carbocycles. The molecule has 0 fully saturated rings. The predicted molar refractivity (Wildman–Crippen MR) is 66.9 cm³/mol. The molecule has 0 aliphatic carbocycles. The van der Waals surface area contributed by atoms with E-state index in [1.165, 1.54) is 0 Å². The first kappa shape index (κ1) is 11.3. The van der Waals surface area contributed by atoms with Crippen LogP contribution in [0.5, 0.6) is 0 Å². The third-order valence-electron chi connectivity index (χ3n) is 2.47. The lowest BCUT2D eigenvalue weighted by molar-refractivity contribution is 0.807. The highest BCUT2D eigenvalue weighted by Gasteiger charge is 2.13. The molecule has 16 heavy (non-hydrogen) atoms. The molecule has 0 unspecified atom stereocenters. The normalized spacial score (nSPS) is 10.7. The summed E-state index contributed by atoms with van der Waals surface area (Å²) in [4.78, 5) is 8.58. The fourth-order valence-corrected chi connectivity index (χ4v) is 2.29. The van der Waals surface area contributed by atoms with Crippen LogP contribution in [-0.2, 0) is 13.5 Å². The Morgan fingerprint density at radius 3 is 2.94 bits per heavy atom. The molecule has 2 N–H and O–H groups in total. The summed E-state index contributed by atoms with van der Waals surface area (Å²) in [7, 11) is 1.99. The van der Waals surface area contributed by atoms with E-state index >= 15 is 0 Å². The predicted octanol–water partition coefficient (Wildman–Crippen LogP) is 1.75. The third kappa shape index (κ3) is 2.01. The molecule has 0 spiro atoms. The summed E-state index contributed by atoms with van der Waals surface area (Å²) in [6, 6.07) is 3.90. The monoisotopic (exact) mass is 280 g/mol. The van der Waals surface area contributed by atoms with Gasteiger partial charge in [0.25, 0.3) is 0 Å². The van der Waals surface area contributed by atoms with E-state index in [9.17, 15) is 0 Å². The van der Waals surface area contributed by atoms with Crippen molar-refractivity contribution < 1.29 is 0 Å². The van der Waals surface area contributed by atoms with E-state index in [4.69, 9.17) is 5.73 Å². The number of halogens is 1. The van der Waals surface area contributed by atoms with E-state index < -0.39 is 0 Å². The summed E-state index contributed by atoms with van der Waals surface area (Å²) in [6.07, 6.45) is 4.37. The van der Waals surface area contributed by atoms with Crippen LogP contribution in [0.3, 0.4) is 0 Å². The van der Waals surface area contributed by atoms with Gasteiger partial charge >= 0.3 is 0 Å². The molecule has 84 valence electrons. The lowest BCUT2D eigenvalue weighted by Crippen LogP contribution is -2.07. The Labute approximate surface area is 103 Å². The molecule has 0 amide bonds. The van der Waals surface area contributed by atoms with Crippen molar-refractivity contribution in [2.24, 2.45) is 12.8 Å². The molecule has 0 saturated carbocycles. The van der Waals surface area contributed by atoms with Gasteiger partial charge in [-0.25, -0.2) is 4.98 Å². The second-order valence-electron chi connectivity index (χ2n) is 3.51. The number of pyridine rings is 1. The van der Waals surface area contributed by atoms with E-state index in [0.717, 1.165) is 28.1 Å². The van der Waals surface area contributed by atoms with Crippen LogP contribution in [0, 0.1) is 0 Å². The fourth-order valence-electron chi connectivity index (χ4n) is 1.66. The van der Waals surface area contributed by atoms with Crippen LogP contribution in [0.2, 0.25) is 0 Å². The molecule has 2 aromatic heterocycles. The minimum absolute atomic E-state index is 0.616. The van der Waals surface area contributed by atoms with Crippen molar-refractivity contribution in [2.75, 3.05) is 6.54 Å². The van der Waals surface area contributed by atoms with E-state index in [1.807, 2.05) is 23.7 Å². The summed E-state index contributed by atoms with van der Waals surface area (Å²) in [5.74, 6) is 0.906. The maximum Gasteiger partial charge on any atom is 0.142 e. The zero-order chi connectivity index (χ0) is 11.5. The molecule has 0 aliphatic heterocycles. The van der Waals surface area contributed by atoms with Crippen molar-refractivity contribution >= 4 is 15.9 Å². The fraction of sp³-hybridized carbons (Fsp3) is 0.273. The Hall–Kier alpha value is -1.20. The first-order chi connectivity index (χ1) is 7.74. The highest BCUT2D eigenvalue weighted by atomic mass is 79.9. The molecule has 5 heteroatoms. The van der Waals surface area contributed by atoms with Gasteiger partial charge in [0.15, 0.2) is 0 Å². The van der Waals surface area contributed by atoms with Gasteiger partial charge in [0.1, 0.15) is 10.4 Å². The Kier molecular flexibility index (Phi) is 3.36. The highest BCUT2D eigenvalue weighted by Crippen LogP contribution is 2.24. The molecule has 0 radical (unpaired) electrons. The topological polar surface area (TPSA) is 56.7 Å². The first-order valence-electron chi connectivity index (χ1n) is 5.05. The van der Waals surface area contributed by atoms with Gasteiger partial charge in [-0.05, 0) is 34.6 Å². The molecule has 0 atom stereocenters. The van der Waals surface area contributed by atoms with Gasteiger partial charge < -0.3 is 10.3 Å². The van der Waals surface area contributed by atoms with Crippen LogP contribution in [0.1, 0.15) is 5.69 Å². The maximum absolute atomic E-state index is 5.57. The summed E-state index contributed by atoms with van der Waals surface area (Å²) < 4.78 is 2.91. The quantitative estimate of drug-likeness (QED) is 0.932. The number of aromatic nitrogens is 3. The standard InChI is InChI=1S/C11H13BrN4/c1-16-9(4-5-13)10(12)15-11(16)8-3-2-6-14-7-8/h2-3,6-7H,4-5,13H2,1H3. The number of hydrogen-bond acceptors (Lipinski definition) is 3. The average molecular weight is 281 g/mol. The van der Waals surface area contributed by atoms with Crippen molar-refractivity contribution in [1.29, 1.82) is 0 Å². The largest absolute Gasteiger partial charge is 0.330 e. The van der Waals surface area contributed by atoms with E-state index in [1.54, 1.807) is 12.4 Å². The number of rotatable bonds is 3. The van der Waals surface area contributed by atoms with E-state index in [-0.39, 0.29) is 0 Å². The van der Waals surface area contributed by atoms with Gasteiger partial charge in [0, 0.05) is 31.4 Å². The van der Waals surface area contributed by atoms with E-state index in [2.05, 4.69) is 25.9 Å². The first-order valence-corrected chi connectivity index (χ1v) is 5.85. The molecule has 0 bridgehead atoms. The third-order valence-corrected chi connectivity index (χ3v) is 3.10. The zero-order valence-electron chi connectivity index (χ0n) is 9.02. The van der Waals surface area contributed by atoms with Crippen LogP contribution in [-0.4, -0.2) is 21.1 Å². The van der Waals surface area contributed by atoms with Gasteiger partial charge in [-0.2, -0.15) is 0 Å². The van der Waals surface area contributed by atoms with Crippen molar-refractivity contribution in [3.05, 3.63) is 34.8 Å². The van der Waals surface area contributed by atoms with Crippen molar-refractivity contribution in [1.82, 2.24) is 14.5 Å². The van der Waals surface area contributed by atoms with Crippen molar-refractivity contribution in [3.8, 4) is 11.4 Å². The zero-order valence-corrected chi connectivity index (χ0v) is 10.6. The Morgan fingerprint density at radius 2 is 2.31 bits per heavy atom. The lowest BCUT2D eigenvalue weighted by atomic mass is 10.2. The number of imidazole rings is 1. The van der Waals surface area contributed by atoms with Crippen LogP contribution in [0.15, 0.2) is 29.1 Å². The number of nitrogens with two attached hydrogens (primary N) is 1. The molecule has 0 saturated heterocycles. The molecule has 2 aromatic rings. The number of nitrogens with zero attached hydrogens (tertiary/aromatic N) is 3. The smallest absolute Gasteiger partial charge is 0.142 e. The summed E-state index contributed by atoms with van der Waals surface area (Å²) >= 11 is 3.46. The van der Waals surface area contributed by atoms with Gasteiger partial charge in [-0.15, -0.1) is 0 Å². The summed E-state index contributed by atoms with van der Waals surface area (Å²) in [5.41, 5.74) is 7.69. The van der Waals surface area contributed by atoms with Gasteiger partial charge in [-0.1, -0.05) is 0 Å². The van der Waals surface area contributed by atoms with Crippen LogP contribution >= 0.6 is 15.9 Å². The van der Waals surface area contributed by atoms with E-state index in [0.29, 0.717) is 6.54 Å². The Bertz CT molecular complexity index is 478. The van der Waals surface area contributed by atoms with Crippen LogP contribution in [0.25, 0.3) is 11.4 Å². The van der Waals surface area contributed by atoms with Crippen LogP contribution < -0.4 is 5.73 Å². The molecule has 0 aliphatic rings. The molecular weight excluding hydrogens is 268 g/mol. The minimum atomic E-state index is 0.616. The summed E-state index contributed by atoms with van der Waals surface area (Å²) in [6.45, 7) is 0.616. The van der Waals surface area contributed by atoms with Gasteiger partial charge in [0.05, 0.1) is 5.69 Å². The maximum atomic E-state index is 5.57. The minimum Gasteiger partial charge on any atom is -0.330 e. The molecule has 4 nitrogen and oxygen atoms in total. The van der Waals surface area contributed by atoms with Gasteiger partial charge in [0.2, 0.25) is 0 Å². The number of hydrogen-bond donors (Lipinski definition) is 1. The molecule has 2 heterocycles. The van der Waals surface area contributed by atoms with Crippen molar-refractivity contribution in [3.63, 3.8) is 0 Å². The Morgan fingerprint density at radius 1 is 1.50 bits per heavy atom. The highest BCUT2D eigenvalue weighted by molar-refractivity contribution is 9.10. The van der Waals surface area contributed by atoms with Crippen LogP contribution in [0.4, 0.5) is 0 Å². The second kappa shape index (κ2) is 4.76. The Balaban J connectivity index is 2.47. The average Bonchev–Trinajstić information content (AvgIpc) is 2.59. The lowest BCUT2D eigenvalue weighted by Gasteiger charge is -2.04. The second-order valence-corrected chi connectivity index (χ2v) is 4.26.